The van der Waals surface area contributed by atoms with Crippen molar-refractivity contribution in [2.75, 3.05) is 11.9 Å². The smallest absolute Gasteiger partial charge is 0.319 e. The molecule has 1 aromatic carbocycles. The Kier molecular flexibility index (Phi) is 3.46. The normalized spacial score (nSPS) is 14.2. The van der Waals surface area contributed by atoms with Gasteiger partial charge in [0, 0.05) is 17.8 Å². The van der Waals surface area contributed by atoms with Crippen LogP contribution in [-0.4, -0.2) is 18.7 Å². The van der Waals surface area contributed by atoms with Gasteiger partial charge in [-0.1, -0.05) is 0 Å². The topological polar surface area (TPSA) is 50.4 Å². The maximum Gasteiger partial charge on any atom is 0.319 e. The van der Waals surface area contributed by atoms with Crippen molar-refractivity contribution in [2.45, 2.75) is 25.8 Å². The van der Waals surface area contributed by atoms with Crippen LogP contribution in [0.25, 0.3) is 0 Å². The highest BCUT2D eigenvalue weighted by Crippen LogP contribution is 2.22. The second-order valence-corrected chi connectivity index (χ2v) is 3.95. The molecule has 0 heterocycles. The first-order valence-corrected chi connectivity index (χ1v) is 5.69. The number of amides is 2. The summed E-state index contributed by atoms with van der Waals surface area (Å²) in [6.45, 7) is 2.19. The molecule has 0 aromatic heterocycles. The number of carbonyl (C=O) groups excluding carboxylic acids is 1. The first-order chi connectivity index (χ1) is 8.19. The van der Waals surface area contributed by atoms with E-state index < -0.39 is 5.82 Å². The average molecular weight is 238 g/mol. The molecule has 17 heavy (non-hydrogen) atoms. The van der Waals surface area contributed by atoms with Gasteiger partial charge in [-0.25, -0.2) is 9.18 Å². The first kappa shape index (κ1) is 11.7. The number of nitrogens with one attached hydrogen (secondary N) is 2. The second-order valence-electron chi connectivity index (χ2n) is 3.95. The van der Waals surface area contributed by atoms with Gasteiger partial charge < -0.3 is 15.4 Å². The van der Waals surface area contributed by atoms with E-state index in [0.29, 0.717) is 12.3 Å². The number of benzene rings is 1. The largest absolute Gasteiger partial charge is 0.491 e. The molecule has 0 bridgehead atoms. The molecule has 1 saturated carbocycles. The molecular weight excluding hydrogens is 223 g/mol. The minimum absolute atomic E-state index is 0.195. The fraction of sp³-hybridized carbons (Fsp3) is 0.417. The van der Waals surface area contributed by atoms with Crippen molar-refractivity contribution in [1.29, 1.82) is 0 Å². The maximum absolute atomic E-state index is 13.5. The molecule has 92 valence electrons. The lowest BCUT2D eigenvalue weighted by molar-refractivity contribution is 0.251. The van der Waals surface area contributed by atoms with Gasteiger partial charge in [-0.3, -0.25) is 0 Å². The first-order valence-electron chi connectivity index (χ1n) is 5.69. The molecule has 1 aliphatic rings. The minimum atomic E-state index is -0.476. The molecule has 2 amide bonds. The number of hydrogen-bond donors (Lipinski definition) is 2. The van der Waals surface area contributed by atoms with Crippen LogP contribution in [0.3, 0.4) is 0 Å². The fourth-order valence-corrected chi connectivity index (χ4v) is 1.43. The van der Waals surface area contributed by atoms with Crippen molar-refractivity contribution in [3.8, 4) is 5.75 Å². The summed E-state index contributed by atoms with van der Waals surface area (Å²) in [5.41, 5.74) is 0.420. The van der Waals surface area contributed by atoms with Crippen molar-refractivity contribution >= 4 is 11.7 Å². The monoisotopic (exact) mass is 238 g/mol. The van der Waals surface area contributed by atoms with E-state index >= 15 is 0 Å². The van der Waals surface area contributed by atoms with Gasteiger partial charge >= 0.3 is 6.03 Å². The van der Waals surface area contributed by atoms with Crippen LogP contribution in [0, 0.1) is 5.82 Å². The van der Waals surface area contributed by atoms with Crippen LogP contribution in [0.2, 0.25) is 0 Å². The third-order valence-electron chi connectivity index (χ3n) is 2.40. The van der Waals surface area contributed by atoms with Gasteiger partial charge in [-0.2, -0.15) is 0 Å². The number of rotatable bonds is 4. The highest BCUT2D eigenvalue weighted by Gasteiger charge is 2.23. The lowest BCUT2D eigenvalue weighted by atomic mass is 10.3. The maximum atomic E-state index is 13.5. The third kappa shape index (κ3) is 3.34. The Balaban J connectivity index is 1.95. The number of carbonyl (C=O) groups is 1. The van der Waals surface area contributed by atoms with Crippen LogP contribution >= 0.6 is 0 Å². The molecule has 2 rings (SSSR count). The molecule has 1 fully saturated rings. The van der Waals surface area contributed by atoms with Gasteiger partial charge in [0.2, 0.25) is 0 Å². The Morgan fingerprint density at radius 1 is 1.53 bits per heavy atom. The van der Waals surface area contributed by atoms with E-state index in [-0.39, 0.29) is 17.8 Å². The molecule has 0 radical (unpaired) electrons. The Morgan fingerprint density at radius 3 is 2.88 bits per heavy atom. The molecule has 2 N–H and O–H groups in total. The van der Waals surface area contributed by atoms with E-state index in [2.05, 4.69) is 10.6 Å². The van der Waals surface area contributed by atoms with E-state index in [0.717, 1.165) is 12.8 Å². The lowest BCUT2D eigenvalue weighted by Gasteiger charge is -2.09. The zero-order valence-electron chi connectivity index (χ0n) is 9.63. The summed E-state index contributed by atoms with van der Waals surface area (Å²) in [7, 11) is 0. The molecule has 0 aliphatic heterocycles. The van der Waals surface area contributed by atoms with Crippen molar-refractivity contribution in [3.05, 3.63) is 24.0 Å². The van der Waals surface area contributed by atoms with Crippen LogP contribution in [-0.2, 0) is 0 Å². The standard InChI is InChI=1S/C12H15FN2O2/c1-2-17-11-6-5-9(7-10(11)13)15-12(16)14-8-3-4-8/h5-8H,2-4H2,1H3,(H2,14,15,16). The van der Waals surface area contributed by atoms with Gasteiger partial charge in [-0.05, 0) is 31.9 Å². The summed E-state index contributed by atoms with van der Waals surface area (Å²) in [5, 5.41) is 5.34. The number of hydrogen-bond acceptors (Lipinski definition) is 2. The number of anilines is 1. The van der Waals surface area contributed by atoms with Crippen molar-refractivity contribution in [1.82, 2.24) is 5.32 Å². The van der Waals surface area contributed by atoms with Crippen LogP contribution in [0.5, 0.6) is 5.75 Å². The molecule has 1 aromatic rings. The zero-order valence-corrected chi connectivity index (χ0v) is 9.63. The number of halogens is 1. The SMILES string of the molecule is CCOc1ccc(NC(=O)NC2CC2)cc1F. The zero-order chi connectivity index (χ0) is 12.3. The van der Waals surface area contributed by atoms with Crippen molar-refractivity contribution in [3.63, 3.8) is 0 Å². The van der Waals surface area contributed by atoms with E-state index in [1.807, 2.05) is 0 Å². The summed E-state index contributed by atoms with van der Waals surface area (Å²) in [4.78, 5) is 11.4. The third-order valence-corrected chi connectivity index (χ3v) is 2.40. The number of ether oxygens (including phenoxy) is 1. The average Bonchev–Trinajstić information content (AvgIpc) is 3.06. The van der Waals surface area contributed by atoms with Crippen molar-refractivity contribution in [2.24, 2.45) is 0 Å². The van der Waals surface area contributed by atoms with Gasteiger partial charge in [-0.15, -0.1) is 0 Å². The molecule has 4 nitrogen and oxygen atoms in total. The molecule has 0 saturated heterocycles. The molecule has 0 spiro atoms. The van der Waals surface area contributed by atoms with Crippen molar-refractivity contribution < 1.29 is 13.9 Å². The second kappa shape index (κ2) is 5.03. The van der Waals surface area contributed by atoms with E-state index in [1.165, 1.54) is 12.1 Å². The van der Waals surface area contributed by atoms with E-state index in [4.69, 9.17) is 4.74 Å². The summed E-state index contributed by atoms with van der Waals surface area (Å²) in [6.07, 6.45) is 2.04. The van der Waals surface area contributed by atoms with Crippen LogP contribution in [0.4, 0.5) is 14.9 Å². The predicted octanol–water partition coefficient (Wildman–Crippen LogP) is 2.51. The molecule has 5 heteroatoms. The quantitative estimate of drug-likeness (QED) is 0.846. The van der Waals surface area contributed by atoms with E-state index in [9.17, 15) is 9.18 Å². The van der Waals surface area contributed by atoms with Crippen LogP contribution in [0.1, 0.15) is 19.8 Å². The Morgan fingerprint density at radius 2 is 2.29 bits per heavy atom. The molecular formula is C12H15FN2O2. The van der Waals surface area contributed by atoms with E-state index in [1.54, 1.807) is 13.0 Å². The minimum Gasteiger partial charge on any atom is -0.491 e. The van der Waals surface area contributed by atoms with Crippen LogP contribution in [0.15, 0.2) is 18.2 Å². The van der Waals surface area contributed by atoms with Gasteiger partial charge in [0.25, 0.3) is 0 Å². The van der Waals surface area contributed by atoms with Gasteiger partial charge in [0.15, 0.2) is 11.6 Å². The Bertz CT molecular complexity index is 419. The van der Waals surface area contributed by atoms with Crippen LogP contribution < -0.4 is 15.4 Å². The summed E-state index contributed by atoms with van der Waals surface area (Å²) in [6, 6.07) is 4.35. The number of urea groups is 1. The fourth-order valence-electron chi connectivity index (χ4n) is 1.43. The highest BCUT2D eigenvalue weighted by molar-refractivity contribution is 5.89. The Hall–Kier alpha value is -1.78. The highest BCUT2D eigenvalue weighted by atomic mass is 19.1. The van der Waals surface area contributed by atoms with Gasteiger partial charge in [0.1, 0.15) is 0 Å². The summed E-state index contributed by atoms with van der Waals surface area (Å²) in [5.74, 6) is -0.281. The Labute approximate surface area is 99.2 Å². The summed E-state index contributed by atoms with van der Waals surface area (Å²) < 4.78 is 18.5. The predicted molar refractivity (Wildman–Crippen MR) is 62.7 cm³/mol. The van der Waals surface area contributed by atoms with Gasteiger partial charge in [0.05, 0.1) is 6.61 Å². The molecule has 1 aliphatic carbocycles. The molecule has 0 unspecified atom stereocenters. The lowest BCUT2D eigenvalue weighted by Crippen LogP contribution is -2.30. The summed E-state index contributed by atoms with van der Waals surface area (Å²) >= 11 is 0. The molecule has 0 atom stereocenters.